The Balaban J connectivity index is 2.09. The van der Waals surface area contributed by atoms with E-state index in [0.717, 1.165) is 19.3 Å². The zero-order chi connectivity index (χ0) is 13.3. The molecule has 1 aromatic rings. The predicted octanol–water partition coefficient (Wildman–Crippen LogP) is 3.81. The zero-order valence-electron chi connectivity index (χ0n) is 10.7. The minimum absolute atomic E-state index is 0.0138. The molecule has 1 fully saturated rings. The minimum atomic E-state index is -0.0138. The van der Waals surface area contributed by atoms with E-state index in [0.29, 0.717) is 5.69 Å². The van der Waals surface area contributed by atoms with Crippen molar-refractivity contribution in [3.8, 4) is 5.75 Å². The largest absolute Gasteiger partial charge is 0.506 e. The van der Waals surface area contributed by atoms with Gasteiger partial charge in [0.25, 0.3) is 0 Å². The summed E-state index contributed by atoms with van der Waals surface area (Å²) < 4.78 is 0. The Bertz CT molecular complexity index is 471. The molecule has 2 rings (SSSR count). The number of benzene rings is 1. The maximum absolute atomic E-state index is 12.2. The summed E-state index contributed by atoms with van der Waals surface area (Å²) in [5.74, 6) is 0.0506. The van der Waals surface area contributed by atoms with Crippen molar-refractivity contribution in [1.29, 1.82) is 0 Å². The molecule has 98 valence electrons. The number of amides is 1. The van der Waals surface area contributed by atoms with Crippen molar-refractivity contribution < 1.29 is 9.90 Å². The van der Waals surface area contributed by atoms with Crippen molar-refractivity contribution in [2.45, 2.75) is 33.1 Å². The summed E-state index contributed by atoms with van der Waals surface area (Å²) in [6, 6.07) is 4.75. The van der Waals surface area contributed by atoms with E-state index in [1.165, 1.54) is 6.07 Å². The van der Waals surface area contributed by atoms with E-state index in [1.54, 1.807) is 12.1 Å². The van der Waals surface area contributed by atoms with Crippen LogP contribution in [-0.2, 0) is 4.79 Å². The van der Waals surface area contributed by atoms with Gasteiger partial charge in [0.15, 0.2) is 0 Å². The van der Waals surface area contributed by atoms with E-state index in [-0.39, 0.29) is 28.0 Å². The monoisotopic (exact) mass is 267 g/mol. The molecule has 0 aromatic heterocycles. The summed E-state index contributed by atoms with van der Waals surface area (Å²) in [7, 11) is 0. The molecule has 1 amide bonds. The molecular weight excluding hydrogens is 250 g/mol. The Morgan fingerprint density at radius 1 is 1.50 bits per heavy atom. The molecule has 0 radical (unpaired) electrons. The van der Waals surface area contributed by atoms with Gasteiger partial charge in [-0.25, -0.2) is 0 Å². The highest BCUT2D eigenvalue weighted by molar-refractivity contribution is 6.32. The minimum Gasteiger partial charge on any atom is -0.506 e. The van der Waals surface area contributed by atoms with E-state index < -0.39 is 0 Å². The van der Waals surface area contributed by atoms with Crippen LogP contribution in [0.25, 0.3) is 0 Å². The first kappa shape index (κ1) is 13.2. The number of phenolic OH excluding ortho intramolecular Hbond substituents is 1. The first-order chi connectivity index (χ1) is 8.40. The average Bonchev–Trinajstić information content (AvgIpc) is 2.63. The highest BCUT2D eigenvalue weighted by atomic mass is 35.5. The highest BCUT2D eigenvalue weighted by Crippen LogP contribution is 2.43. The smallest absolute Gasteiger partial charge is 0.228 e. The number of anilines is 1. The zero-order valence-corrected chi connectivity index (χ0v) is 11.4. The molecule has 0 saturated heterocycles. The summed E-state index contributed by atoms with van der Waals surface area (Å²) in [4.78, 5) is 12.2. The lowest BCUT2D eigenvalue weighted by Crippen LogP contribution is -2.30. The second kappa shape index (κ2) is 4.81. The Hall–Kier alpha value is -1.22. The number of halogens is 1. The summed E-state index contributed by atoms with van der Waals surface area (Å²) in [5.41, 5.74) is 0.642. The molecule has 0 spiro atoms. The molecule has 18 heavy (non-hydrogen) atoms. The maximum atomic E-state index is 12.2. The van der Waals surface area contributed by atoms with Gasteiger partial charge in [-0.15, -0.1) is 0 Å². The van der Waals surface area contributed by atoms with Crippen molar-refractivity contribution >= 4 is 23.2 Å². The summed E-state index contributed by atoms with van der Waals surface area (Å²) in [6.45, 7) is 4.26. The van der Waals surface area contributed by atoms with Gasteiger partial charge in [-0.05, 0) is 30.4 Å². The van der Waals surface area contributed by atoms with Gasteiger partial charge in [-0.2, -0.15) is 0 Å². The lowest BCUT2D eigenvalue weighted by atomic mass is 9.81. The molecule has 1 aliphatic carbocycles. The standard InChI is InChI=1S/C14H18ClNO2/c1-14(2)7-3-4-10(14)13(18)16-9-5-6-11(15)12(17)8-9/h5-6,8,10,17H,3-4,7H2,1-2H3,(H,16,18). The maximum Gasteiger partial charge on any atom is 0.228 e. The molecule has 1 aliphatic rings. The van der Waals surface area contributed by atoms with Crippen LogP contribution in [0, 0.1) is 11.3 Å². The first-order valence-corrected chi connectivity index (χ1v) is 6.57. The Morgan fingerprint density at radius 3 is 2.78 bits per heavy atom. The van der Waals surface area contributed by atoms with Gasteiger partial charge in [0.1, 0.15) is 5.75 Å². The number of hydrogen-bond donors (Lipinski definition) is 2. The third-order valence-electron chi connectivity index (χ3n) is 3.79. The molecule has 2 N–H and O–H groups in total. The van der Waals surface area contributed by atoms with Crippen molar-refractivity contribution in [2.75, 3.05) is 5.32 Å². The van der Waals surface area contributed by atoms with E-state index in [2.05, 4.69) is 19.2 Å². The van der Waals surface area contributed by atoms with Crippen LogP contribution in [0.1, 0.15) is 33.1 Å². The molecule has 1 saturated carbocycles. The van der Waals surface area contributed by atoms with Crippen LogP contribution in [0.3, 0.4) is 0 Å². The Labute approximate surface area is 112 Å². The van der Waals surface area contributed by atoms with Crippen LogP contribution in [0.15, 0.2) is 18.2 Å². The fourth-order valence-electron chi connectivity index (χ4n) is 2.63. The fourth-order valence-corrected chi connectivity index (χ4v) is 2.75. The first-order valence-electron chi connectivity index (χ1n) is 6.19. The van der Waals surface area contributed by atoms with Crippen LogP contribution in [0.5, 0.6) is 5.75 Å². The topological polar surface area (TPSA) is 49.3 Å². The third-order valence-corrected chi connectivity index (χ3v) is 4.11. The molecular formula is C14H18ClNO2. The molecule has 1 atom stereocenters. The lowest BCUT2D eigenvalue weighted by Gasteiger charge is -2.25. The number of hydrogen-bond acceptors (Lipinski definition) is 2. The predicted molar refractivity (Wildman–Crippen MR) is 72.9 cm³/mol. The summed E-state index contributed by atoms with van der Waals surface area (Å²) >= 11 is 5.73. The van der Waals surface area contributed by atoms with Crippen molar-refractivity contribution in [1.82, 2.24) is 0 Å². The van der Waals surface area contributed by atoms with Crippen LogP contribution >= 0.6 is 11.6 Å². The van der Waals surface area contributed by atoms with Crippen molar-refractivity contribution in [2.24, 2.45) is 11.3 Å². The summed E-state index contributed by atoms with van der Waals surface area (Å²) in [6.07, 6.45) is 3.10. The van der Waals surface area contributed by atoms with Crippen molar-refractivity contribution in [3.63, 3.8) is 0 Å². The van der Waals surface area contributed by atoms with Gasteiger partial charge < -0.3 is 10.4 Å². The van der Waals surface area contributed by atoms with Crippen LogP contribution in [-0.4, -0.2) is 11.0 Å². The van der Waals surface area contributed by atoms with Gasteiger partial charge in [-0.1, -0.05) is 31.9 Å². The number of rotatable bonds is 2. The third kappa shape index (κ3) is 2.61. The molecule has 3 nitrogen and oxygen atoms in total. The average molecular weight is 268 g/mol. The normalized spacial score (nSPS) is 21.8. The SMILES string of the molecule is CC1(C)CCCC1C(=O)Nc1ccc(Cl)c(O)c1. The van der Waals surface area contributed by atoms with Gasteiger partial charge in [0, 0.05) is 17.7 Å². The number of nitrogens with one attached hydrogen (secondary N) is 1. The highest BCUT2D eigenvalue weighted by Gasteiger charge is 2.39. The second-order valence-electron chi connectivity index (χ2n) is 5.59. The van der Waals surface area contributed by atoms with E-state index >= 15 is 0 Å². The Kier molecular flexibility index (Phi) is 3.53. The van der Waals surface area contributed by atoms with Crippen LogP contribution < -0.4 is 5.32 Å². The van der Waals surface area contributed by atoms with Gasteiger partial charge in [-0.3, -0.25) is 4.79 Å². The van der Waals surface area contributed by atoms with E-state index in [4.69, 9.17) is 11.6 Å². The van der Waals surface area contributed by atoms with Crippen molar-refractivity contribution in [3.05, 3.63) is 23.2 Å². The Morgan fingerprint density at radius 2 is 2.22 bits per heavy atom. The van der Waals surface area contributed by atoms with Crippen LogP contribution in [0.4, 0.5) is 5.69 Å². The molecule has 0 bridgehead atoms. The lowest BCUT2D eigenvalue weighted by molar-refractivity contribution is -0.122. The summed E-state index contributed by atoms with van der Waals surface area (Å²) in [5, 5.41) is 12.6. The molecule has 1 unspecified atom stereocenters. The van der Waals surface area contributed by atoms with Gasteiger partial charge >= 0.3 is 0 Å². The fraction of sp³-hybridized carbons (Fsp3) is 0.500. The number of phenols is 1. The van der Waals surface area contributed by atoms with Gasteiger partial charge in [0.2, 0.25) is 5.91 Å². The van der Waals surface area contributed by atoms with Gasteiger partial charge in [0.05, 0.1) is 5.02 Å². The molecule has 1 aromatic carbocycles. The quantitative estimate of drug-likeness (QED) is 0.856. The second-order valence-corrected chi connectivity index (χ2v) is 6.00. The number of carbonyl (C=O) groups excluding carboxylic acids is 1. The van der Waals surface area contributed by atoms with E-state index in [1.807, 2.05) is 0 Å². The van der Waals surface area contributed by atoms with E-state index in [9.17, 15) is 9.90 Å². The number of aromatic hydroxyl groups is 1. The molecule has 0 heterocycles. The molecule has 0 aliphatic heterocycles. The molecule has 4 heteroatoms. The van der Waals surface area contributed by atoms with Crippen LogP contribution in [0.2, 0.25) is 5.02 Å². The number of carbonyl (C=O) groups is 1.